The molecule has 0 spiro atoms. The molecule has 2 atom stereocenters. The molecule has 134 valence electrons. The van der Waals surface area contributed by atoms with Crippen LogP contribution >= 0.6 is 0 Å². The van der Waals surface area contributed by atoms with Crippen molar-refractivity contribution in [3.05, 3.63) is 48.5 Å². The van der Waals surface area contributed by atoms with E-state index in [2.05, 4.69) is 10.5 Å². The van der Waals surface area contributed by atoms with Crippen LogP contribution in [0.5, 0.6) is 23.0 Å². The van der Waals surface area contributed by atoms with Crippen molar-refractivity contribution in [2.45, 2.75) is 19.1 Å². The minimum Gasteiger partial charge on any atom is -0.485 e. The summed E-state index contributed by atoms with van der Waals surface area (Å²) >= 11 is 0. The van der Waals surface area contributed by atoms with Gasteiger partial charge in [-0.25, -0.2) is 5.43 Å². The molecule has 0 fully saturated rings. The maximum atomic E-state index is 12.3. The lowest BCUT2D eigenvalue weighted by atomic mass is 10.2. The molecule has 2 heterocycles. The highest BCUT2D eigenvalue weighted by Crippen LogP contribution is 2.32. The van der Waals surface area contributed by atoms with Crippen molar-refractivity contribution in [2.24, 2.45) is 5.10 Å². The maximum absolute atomic E-state index is 12.3. The van der Waals surface area contributed by atoms with E-state index in [4.69, 9.17) is 18.9 Å². The first-order valence-corrected chi connectivity index (χ1v) is 8.32. The number of hydrogen-bond donors (Lipinski definition) is 1. The van der Waals surface area contributed by atoms with Gasteiger partial charge in [0.1, 0.15) is 13.2 Å². The number of nitrogens with zero attached hydrogens (tertiary/aromatic N) is 1. The number of hydrogen-bond acceptors (Lipinski definition) is 6. The third-order valence-electron chi connectivity index (χ3n) is 4.12. The molecule has 4 rings (SSSR count). The Morgan fingerprint density at radius 1 is 0.885 bits per heavy atom. The highest BCUT2D eigenvalue weighted by molar-refractivity contribution is 5.89. The number of nitrogens with one attached hydrogen (secondary N) is 1. The minimum absolute atomic E-state index is 0.133. The van der Waals surface area contributed by atoms with Crippen molar-refractivity contribution >= 4 is 11.6 Å². The fourth-order valence-corrected chi connectivity index (χ4v) is 2.66. The first kappa shape index (κ1) is 16.3. The van der Waals surface area contributed by atoms with Crippen molar-refractivity contribution in [1.82, 2.24) is 5.43 Å². The van der Waals surface area contributed by atoms with E-state index in [9.17, 15) is 4.79 Å². The van der Waals surface area contributed by atoms with Crippen LogP contribution in [0.2, 0.25) is 0 Å². The molecule has 7 nitrogen and oxygen atoms in total. The van der Waals surface area contributed by atoms with E-state index in [-0.39, 0.29) is 18.6 Å². The van der Waals surface area contributed by atoms with Crippen molar-refractivity contribution in [2.75, 3.05) is 13.2 Å². The molecule has 0 radical (unpaired) electrons. The average molecular weight is 354 g/mol. The molecule has 2 aromatic carbocycles. The molecular formula is C19H18N2O5. The zero-order valence-electron chi connectivity index (χ0n) is 14.2. The van der Waals surface area contributed by atoms with Crippen molar-refractivity contribution in [3.63, 3.8) is 0 Å². The van der Waals surface area contributed by atoms with E-state index in [1.165, 1.54) is 0 Å². The Morgan fingerprint density at radius 2 is 1.38 bits per heavy atom. The summed E-state index contributed by atoms with van der Waals surface area (Å²) in [5, 5.41) is 4.13. The van der Waals surface area contributed by atoms with Gasteiger partial charge in [-0.15, -0.1) is 0 Å². The van der Waals surface area contributed by atoms with Crippen LogP contribution in [0.25, 0.3) is 0 Å². The highest BCUT2D eigenvalue weighted by atomic mass is 16.6. The van der Waals surface area contributed by atoms with Crippen molar-refractivity contribution in [3.8, 4) is 23.0 Å². The lowest BCUT2D eigenvalue weighted by Gasteiger charge is -2.27. The molecule has 1 amide bonds. The molecule has 26 heavy (non-hydrogen) atoms. The standard InChI is InChI=1S/C19H18N2O5/c1-12(17-10-23-13-6-2-4-8-15(13)25-17)20-21-19(22)18-11-24-14-7-3-5-9-16(14)26-18/h2-9,17-18H,10-11H2,1H3,(H,21,22). The lowest BCUT2D eigenvalue weighted by molar-refractivity contribution is -0.130. The van der Waals surface area contributed by atoms with Crippen LogP contribution in [0.15, 0.2) is 53.6 Å². The van der Waals surface area contributed by atoms with Gasteiger partial charge in [-0.3, -0.25) is 4.79 Å². The van der Waals surface area contributed by atoms with Crippen LogP contribution in [0.4, 0.5) is 0 Å². The number of para-hydroxylation sites is 4. The zero-order valence-corrected chi connectivity index (χ0v) is 14.2. The number of ether oxygens (including phenoxy) is 4. The van der Waals surface area contributed by atoms with E-state index in [1.807, 2.05) is 36.4 Å². The van der Waals surface area contributed by atoms with Gasteiger partial charge >= 0.3 is 0 Å². The van der Waals surface area contributed by atoms with Gasteiger partial charge in [-0.1, -0.05) is 24.3 Å². The molecule has 7 heteroatoms. The normalized spacial score (nSPS) is 21.0. The van der Waals surface area contributed by atoms with Gasteiger partial charge in [0.25, 0.3) is 5.91 Å². The Kier molecular flexibility index (Phi) is 4.35. The van der Waals surface area contributed by atoms with E-state index in [1.54, 1.807) is 19.1 Å². The number of amides is 1. The van der Waals surface area contributed by atoms with Crippen LogP contribution < -0.4 is 24.4 Å². The van der Waals surface area contributed by atoms with Gasteiger partial charge in [0.05, 0.1) is 5.71 Å². The van der Waals surface area contributed by atoms with E-state index in [0.29, 0.717) is 35.3 Å². The van der Waals surface area contributed by atoms with Gasteiger partial charge in [-0.05, 0) is 31.2 Å². The zero-order chi connectivity index (χ0) is 17.9. The molecule has 2 unspecified atom stereocenters. The third-order valence-corrected chi connectivity index (χ3v) is 4.12. The maximum Gasteiger partial charge on any atom is 0.284 e. The van der Waals surface area contributed by atoms with Crippen molar-refractivity contribution in [1.29, 1.82) is 0 Å². The summed E-state index contributed by atoms with van der Waals surface area (Å²) in [6.07, 6.45) is -1.12. The quantitative estimate of drug-likeness (QED) is 0.675. The van der Waals surface area contributed by atoms with Crippen LogP contribution in [-0.4, -0.2) is 37.0 Å². The van der Waals surface area contributed by atoms with Crippen LogP contribution in [-0.2, 0) is 4.79 Å². The molecule has 0 aliphatic carbocycles. The van der Waals surface area contributed by atoms with Crippen molar-refractivity contribution < 1.29 is 23.7 Å². The average Bonchev–Trinajstić information content (AvgIpc) is 2.71. The molecule has 0 bridgehead atoms. The highest BCUT2D eigenvalue weighted by Gasteiger charge is 2.28. The van der Waals surface area contributed by atoms with E-state index < -0.39 is 6.10 Å². The van der Waals surface area contributed by atoms with E-state index in [0.717, 1.165) is 0 Å². The fraction of sp³-hybridized carbons (Fsp3) is 0.263. The predicted molar refractivity (Wildman–Crippen MR) is 94.0 cm³/mol. The molecule has 2 aromatic rings. The van der Waals surface area contributed by atoms with Gasteiger partial charge in [0.2, 0.25) is 6.10 Å². The summed E-state index contributed by atoms with van der Waals surface area (Å²) in [4.78, 5) is 12.3. The fourth-order valence-electron chi connectivity index (χ4n) is 2.66. The SMILES string of the molecule is CC(=NNC(=O)C1COc2ccccc2O1)C1COc2ccccc2O1. The summed E-state index contributed by atoms with van der Waals surface area (Å²) in [7, 11) is 0. The van der Waals surface area contributed by atoms with Gasteiger partial charge < -0.3 is 18.9 Å². The molecule has 0 saturated carbocycles. The molecular weight excluding hydrogens is 336 g/mol. The summed E-state index contributed by atoms with van der Waals surface area (Å²) in [6.45, 7) is 2.24. The number of carbonyl (C=O) groups is 1. The minimum atomic E-state index is -0.759. The topological polar surface area (TPSA) is 78.4 Å². The molecule has 0 saturated heterocycles. The predicted octanol–water partition coefficient (Wildman–Crippen LogP) is 2.16. The smallest absolute Gasteiger partial charge is 0.284 e. The molecule has 1 N–H and O–H groups in total. The Bertz CT molecular complexity index is 851. The van der Waals surface area contributed by atoms with Gasteiger partial charge in [0, 0.05) is 0 Å². The van der Waals surface area contributed by atoms with Gasteiger partial charge in [0.15, 0.2) is 29.1 Å². The second-order valence-electron chi connectivity index (χ2n) is 5.96. The number of rotatable bonds is 3. The Hall–Kier alpha value is -3.22. The first-order valence-electron chi connectivity index (χ1n) is 8.32. The Labute approximate surface area is 150 Å². The summed E-state index contributed by atoms with van der Waals surface area (Å²) in [5.41, 5.74) is 3.11. The molecule has 2 aliphatic heterocycles. The number of fused-ring (bicyclic) bond motifs is 2. The third kappa shape index (κ3) is 3.28. The Morgan fingerprint density at radius 3 is 2.00 bits per heavy atom. The summed E-state index contributed by atoms with van der Waals surface area (Å²) < 4.78 is 22.7. The largest absolute Gasteiger partial charge is 0.485 e. The van der Waals surface area contributed by atoms with Crippen LogP contribution in [0, 0.1) is 0 Å². The molecule has 0 aromatic heterocycles. The second kappa shape index (κ2) is 6.95. The molecule has 2 aliphatic rings. The summed E-state index contributed by atoms with van der Waals surface area (Å²) in [6, 6.07) is 14.7. The number of benzene rings is 2. The van der Waals surface area contributed by atoms with Crippen LogP contribution in [0.3, 0.4) is 0 Å². The van der Waals surface area contributed by atoms with Gasteiger partial charge in [-0.2, -0.15) is 5.10 Å². The van der Waals surface area contributed by atoms with Crippen LogP contribution in [0.1, 0.15) is 6.92 Å². The summed E-state index contributed by atoms with van der Waals surface area (Å²) in [5.74, 6) is 2.15. The number of hydrazone groups is 1. The Balaban J connectivity index is 1.37. The monoisotopic (exact) mass is 354 g/mol. The van der Waals surface area contributed by atoms with E-state index >= 15 is 0 Å². The number of carbonyl (C=O) groups excluding carboxylic acids is 1. The first-order chi connectivity index (χ1) is 12.7. The second-order valence-corrected chi connectivity index (χ2v) is 5.96. The lowest BCUT2D eigenvalue weighted by Crippen LogP contribution is -2.43.